The Balaban J connectivity index is 1.45. The molecule has 0 radical (unpaired) electrons. The molecule has 0 amide bonds. The van der Waals surface area contributed by atoms with Crippen molar-refractivity contribution in [1.29, 1.82) is 0 Å². The highest BCUT2D eigenvalue weighted by atomic mass is 35.5. The Morgan fingerprint density at radius 2 is 1.56 bits per heavy atom. The van der Waals surface area contributed by atoms with Crippen LogP contribution in [-0.2, 0) is 11.8 Å². The van der Waals surface area contributed by atoms with E-state index in [-0.39, 0.29) is 5.41 Å². The van der Waals surface area contributed by atoms with Crippen LogP contribution in [0.4, 0.5) is 5.69 Å². The molecule has 1 fully saturated rings. The second kappa shape index (κ2) is 11.5. The lowest BCUT2D eigenvalue weighted by atomic mass is 9.73. The highest BCUT2D eigenvalue weighted by Crippen LogP contribution is 2.46. The van der Waals surface area contributed by atoms with E-state index < -0.39 is 0 Å². The molecule has 1 atom stereocenters. The third kappa shape index (κ3) is 5.35. The van der Waals surface area contributed by atoms with Gasteiger partial charge in [-0.25, -0.2) is 0 Å². The summed E-state index contributed by atoms with van der Waals surface area (Å²) < 4.78 is 2.63. The fourth-order valence-electron chi connectivity index (χ4n) is 7.10. The predicted molar refractivity (Wildman–Crippen MR) is 168 cm³/mol. The SMILES string of the molecule is CC1(Cc2ccccc2)C(C=Cc2ccccc2Cl)=[N+](CCCCC2CCCC2)c2ccc3ccccc3c21. The van der Waals surface area contributed by atoms with Crippen LogP contribution in [0.1, 0.15) is 68.6 Å². The molecule has 1 unspecified atom stereocenters. The van der Waals surface area contributed by atoms with Gasteiger partial charge in [0.1, 0.15) is 6.54 Å². The smallest absolute Gasteiger partial charge is 0.195 e. The number of hydrogen-bond acceptors (Lipinski definition) is 0. The van der Waals surface area contributed by atoms with E-state index in [1.165, 1.54) is 78.2 Å². The molecule has 2 heteroatoms. The molecular formula is C37H39ClN+. The Kier molecular flexibility index (Phi) is 7.71. The zero-order valence-electron chi connectivity index (χ0n) is 23.1. The molecule has 4 aromatic carbocycles. The third-order valence-corrected chi connectivity index (χ3v) is 9.40. The third-order valence-electron chi connectivity index (χ3n) is 9.05. The van der Waals surface area contributed by atoms with Gasteiger partial charge >= 0.3 is 0 Å². The summed E-state index contributed by atoms with van der Waals surface area (Å²) in [5.74, 6) is 0.951. The molecule has 0 saturated heterocycles. The monoisotopic (exact) mass is 532 g/mol. The standard InChI is InChI=1S/C37H39ClN/c1-37(27-29-16-3-2-4-17-29)35(25-23-31-19-8-10-21-33(31)38)39(26-12-11-15-28-13-5-6-14-28)34-24-22-30-18-7-9-20-32(30)36(34)37/h2-4,7-10,16-25,28H,5-6,11-15,26-27H2,1H3/q+1. The molecule has 198 valence electrons. The molecule has 39 heavy (non-hydrogen) atoms. The molecule has 0 bridgehead atoms. The molecule has 1 saturated carbocycles. The second-order valence-electron chi connectivity index (χ2n) is 11.7. The molecule has 1 heterocycles. The van der Waals surface area contributed by atoms with Gasteiger partial charge in [0.2, 0.25) is 5.69 Å². The van der Waals surface area contributed by atoms with Crippen molar-refractivity contribution in [1.82, 2.24) is 0 Å². The minimum Gasteiger partial charge on any atom is -0.195 e. The minimum absolute atomic E-state index is 0.166. The van der Waals surface area contributed by atoms with Crippen LogP contribution in [-0.4, -0.2) is 16.8 Å². The zero-order chi connectivity index (χ0) is 26.7. The van der Waals surface area contributed by atoms with E-state index in [0.29, 0.717) is 0 Å². The first-order chi connectivity index (χ1) is 19.1. The molecular weight excluding hydrogens is 494 g/mol. The minimum atomic E-state index is -0.166. The van der Waals surface area contributed by atoms with Crippen molar-refractivity contribution in [2.24, 2.45) is 5.92 Å². The van der Waals surface area contributed by atoms with Gasteiger partial charge in [-0.3, -0.25) is 0 Å². The van der Waals surface area contributed by atoms with Crippen molar-refractivity contribution in [3.8, 4) is 0 Å². The summed E-state index contributed by atoms with van der Waals surface area (Å²) >= 11 is 6.60. The Morgan fingerprint density at radius 1 is 0.821 bits per heavy atom. The van der Waals surface area contributed by atoms with Gasteiger partial charge in [0.15, 0.2) is 5.71 Å². The molecule has 0 spiro atoms. The van der Waals surface area contributed by atoms with Crippen LogP contribution in [0.2, 0.25) is 5.02 Å². The van der Waals surface area contributed by atoms with Gasteiger partial charge in [-0.1, -0.05) is 117 Å². The number of allylic oxidation sites excluding steroid dienone is 1. The van der Waals surface area contributed by atoms with Gasteiger partial charge in [-0.2, -0.15) is 4.58 Å². The lowest BCUT2D eigenvalue weighted by Gasteiger charge is -2.24. The second-order valence-corrected chi connectivity index (χ2v) is 12.1. The van der Waals surface area contributed by atoms with Crippen LogP contribution in [0.3, 0.4) is 0 Å². The number of unbranched alkanes of at least 4 members (excludes halogenated alkanes) is 1. The Morgan fingerprint density at radius 3 is 2.38 bits per heavy atom. The Labute approximate surface area is 238 Å². The molecule has 2 aliphatic rings. The normalized spacial score (nSPS) is 19.4. The van der Waals surface area contributed by atoms with Crippen LogP contribution < -0.4 is 0 Å². The fourth-order valence-corrected chi connectivity index (χ4v) is 7.30. The number of hydrogen-bond donors (Lipinski definition) is 0. The fraction of sp³-hybridized carbons (Fsp3) is 0.324. The van der Waals surface area contributed by atoms with Crippen molar-refractivity contribution >= 4 is 39.8 Å². The number of fused-ring (bicyclic) bond motifs is 3. The summed E-state index contributed by atoms with van der Waals surface area (Å²) in [5.41, 5.74) is 6.46. The number of benzene rings is 4. The van der Waals surface area contributed by atoms with Crippen LogP contribution in [0.25, 0.3) is 16.8 Å². The average molecular weight is 533 g/mol. The van der Waals surface area contributed by atoms with Gasteiger partial charge in [-0.05, 0) is 65.8 Å². The molecule has 1 aliphatic carbocycles. The quantitative estimate of drug-likeness (QED) is 0.149. The van der Waals surface area contributed by atoms with E-state index in [0.717, 1.165) is 29.5 Å². The highest BCUT2D eigenvalue weighted by molar-refractivity contribution is 6.32. The van der Waals surface area contributed by atoms with E-state index >= 15 is 0 Å². The maximum Gasteiger partial charge on any atom is 0.210 e. The topological polar surface area (TPSA) is 3.01 Å². The Hall–Kier alpha value is -3.16. The Bertz CT molecular complexity index is 1510. The first kappa shape index (κ1) is 26.1. The van der Waals surface area contributed by atoms with Gasteiger partial charge in [0, 0.05) is 29.1 Å². The van der Waals surface area contributed by atoms with Crippen LogP contribution in [0.5, 0.6) is 0 Å². The lowest BCUT2D eigenvalue weighted by Crippen LogP contribution is -2.34. The molecule has 0 N–H and O–H groups in total. The molecule has 1 aliphatic heterocycles. The predicted octanol–water partition coefficient (Wildman–Crippen LogP) is 10.2. The van der Waals surface area contributed by atoms with E-state index in [4.69, 9.17) is 11.6 Å². The van der Waals surface area contributed by atoms with E-state index in [9.17, 15) is 0 Å². The first-order valence-corrected chi connectivity index (χ1v) is 15.1. The number of rotatable bonds is 9. The van der Waals surface area contributed by atoms with E-state index in [2.05, 4.69) is 103 Å². The van der Waals surface area contributed by atoms with Gasteiger partial charge in [-0.15, -0.1) is 0 Å². The summed E-state index contributed by atoms with van der Waals surface area (Å²) in [4.78, 5) is 0. The maximum atomic E-state index is 6.60. The van der Waals surface area contributed by atoms with Crippen molar-refractivity contribution in [2.45, 2.75) is 63.7 Å². The van der Waals surface area contributed by atoms with E-state index in [1.54, 1.807) is 0 Å². The summed E-state index contributed by atoms with van der Waals surface area (Å²) in [6.07, 6.45) is 15.2. The highest BCUT2D eigenvalue weighted by Gasteiger charge is 2.48. The van der Waals surface area contributed by atoms with Crippen molar-refractivity contribution < 1.29 is 4.58 Å². The van der Waals surface area contributed by atoms with Crippen molar-refractivity contribution in [2.75, 3.05) is 6.54 Å². The largest absolute Gasteiger partial charge is 0.210 e. The summed E-state index contributed by atoms with van der Waals surface area (Å²) in [6.45, 7) is 3.50. The molecule has 4 aromatic rings. The zero-order valence-corrected chi connectivity index (χ0v) is 23.8. The number of halogens is 1. The average Bonchev–Trinajstić information content (AvgIpc) is 3.56. The molecule has 0 aromatic heterocycles. The van der Waals surface area contributed by atoms with Crippen LogP contribution in [0, 0.1) is 5.92 Å². The summed E-state index contributed by atoms with van der Waals surface area (Å²) in [7, 11) is 0. The van der Waals surface area contributed by atoms with E-state index in [1.807, 2.05) is 12.1 Å². The van der Waals surface area contributed by atoms with Crippen molar-refractivity contribution in [3.63, 3.8) is 0 Å². The van der Waals surface area contributed by atoms with Crippen molar-refractivity contribution in [3.05, 3.63) is 119 Å². The van der Waals surface area contributed by atoms with Gasteiger partial charge in [0.25, 0.3) is 0 Å². The maximum absolute atomic E-state index is 6.60. The van der Waals surface area contributed by atoms with Crippen LogP contribution >= 0.6 is 11.6 Å². The van der Waals surface area contributed by atoms with Gasteiger partial charge < -0.3 is 0 Å². The molecule has 6 rings (SSSR count). The number of nitrogens with zero attached hydrogens (tertiary/aromatic N) is 1. The lowest BCUT2D eigenvalue weighted by molar-refractivity contribution is -0.438. The van der Waals surface area contributed by atoms with Gasteiger partial charge in [0.05, 0.1) is 5.41 Å². The summed E-state index contributed by atoms with van der Waals surface area (Å²) in [5, 5.41) is 3.47. The summed E-state index contributed by atoms with van der Waals surface area (Å²) in [6, 6.07) is 32.7. The molecule has 1 nitrogen and oxygen atoms in total. The first-order valence-electron chi connectivity index (χ1n) is 14.8. The van der Waals surface area contributed by atoms with Crippen LogP contribution in [0.15, 0.2) is 97.1 Å².